The van der Waals surface area contributed by atoms with Crippen LogP contribution in [-0.2, 0) is 11.3 Å². The second-order valence-electron chi connectivity index (χ2n) is 6.10. The van der Waals surface area contributed by atoms with Crippen molar-refractivity contribution in [3.05, 3.63) is 28.8 Å². The van der Waals surface area contributed by atoms with Gasteiger partial charge in [0, 0.05) is 35.5 Å². The molecule has 0 radical (unpaired) electrons. The van der Waals surface area contributed by atoms with Crippen LogP contribution < -0.4 is 4.74 Å². The number of benzene rings is 1. The number of ether oxygens (including phenoxy) is 1. The van der Waals surface area contributed by atoms with Gasteiger partial charge in [0.15, 0.2) is 0 Å². The Kier molecular flexibility index (Phi) is 4.51. The zero-order valence-electron chi connectivity index (χ0n) is 12.5. The lowest BCUT2D eigenvalue weighted by atomic mass is 9.95. The number of Topliss-reactive ketones (excluding diaryl/α,β-unsaturated/α-hetero) is 1. The van der Waals surface area contributed by atoms with Crippen LogP contribution in [0.4, 0.5) is 0 Å². The predicted molar refractivity (Wildman–Crippen MR) is 83.8 cm³/mol. The molecule has 1 heterocycles. The zero-order valence-corrected chi connectivity index (χ0v) is 13.2. The van der Waals surface area contributed by atoms with Gasteiger partial charge in [0.05, 0.1) is 7.11 Å². The van der Waals surface area contributed by atoms with E-state index in [4.69, 9.17) is 16.3 Å². The first-order valence-electron chi connectivity index (χ1n) is 7.78. The highest BCUT2D eigenvalue weighted by Crippen LogP contribution is 2.35. The van der Waals surface area contributed by atoms with Crippen molar-refractivity contribution in [2.24, 2.45) is 5.92 Å². The maximum absolute atomic E-state index is 12.1. The Morgan fingerprint density at radius 1 is 1.33 bits per heavy atom. The molecule has 2 unspecified atom stereocenters. The van der Waals surface area contributed by atoms with Crippen molar-refractivity contribution in [3.8, 4) is 5.75 Å². The van der Waals surface area contributed by atoms with Gasteiger partial charge in [-0.25, -0.2) is 0 Å². The quantitative estimate of drug-likeness (QED) is 0.850. The molecule has 21 heavy (non-hydrogen) atoms. The molecule has 1 aromatic carbocycles. The second kappa shape index (κ2) is 6.37. The van der Waals surface area contributed by atoms with Crippen molar-refractivity contribution < 1.29 is 9.53 Å². The van der Waals surface area contributed by atoms with Crippen LogP contribution in [0.2, 0.25) is 5.02 Å². The lowest BCUT2D eigenvalue weighted by molar-refractivity contribution is -0.122. The molecule has 0 N–H and O–H groups in total. The van der Waals surface area contributed by atoms with E-state index in [1.165, 1.54) is 6.42 Å². The lowest BCUT2D eigenvalue weighted by Crippen LogP contribution is -2.37. The van der Waals surface area contributed by atoms with Crippen LogP contribution >= 0.6 is 11.6 Å². The molecule has 114 valence electrons. The van der Waals surface area contributed by atoms with E-state index in [0.717, 1.165) is 55.1 Å². The summed E-state index contributed by atoms with van der Waals surface area (Å²) >= 11 is 6.12. The lowest BCUT2D eigenvalue weighted by Gasteiger charge is -2.29. The molecule has 2 aliphatic rings. The molecule has 0 aromatic heterocycles. The minimum atomic E-state index is 0.248. The van der Waals surface area contributed by atoms with Gasteiger partial charge in [0.25, 0.3) is 0 Å². The normalized spacial score (nSPS) is 26.5. The number of carbonyl (C=O) groups is 1. The molecule has 1 aliphatic carbocycles. The summed E-state index contributed by atoms with van der Waals surface area (Å²) in [6.45, 7) is 1.88. The van der Waals surface area contributed by atoms with Crippen LogP contribution in [0.25, 0.3) is 0 Å². The van der Waals surface area contributed by atoms with Crippen molar-refractivity contribution in [1.82, 2.24) is 4.90 Å². The summed E-state index contributed by atoms with van der Waals surface area (Å²) in [6.07, 6.45) is 5.22. The van der Waals surface area contributed by atoms with Gasteiger partial charge in [-0.1, -0.05) is 11.6 Å². The molecule has 2 fully saturated rings. The Morgan fingerprint density at radius 2 is 2.19 bits per heavy atom. The smallest absolute Gasteiger partial charge is 0.137 e. The first-order valence-corrected chi connectivity index (χ1v) is 8.16. The van der Waals surface area contributed by atoms with Crippen LogP contribution in [0.3, 0.4) is 0 Å². The largest absolute Gasteiger partial charge is 0.496 e. The van der Waals surface area contributed by atoms with Crippen molar-refractivity contribution >= 4 is 17.4 Å². The fourth-order valence-electron chi connectivity index (χ4n) is 3.84. The molecule has 1 aliphatic heterocycles. The van der Waals surface area contributed by atoms with Crippen molar-refractivity contribution in [2.75, 3.05) is 13.7 Å². The Morgan fingerprint density at radius 3 is 2.90 bits per heavy atom. The summed E-state index contributed by atoms with van der Waals surface area (Å²) < 4.78 is 5.44. The fourth-order valence-corrected chi connectivity index (χ4v) is 4.04. The van der Waals surface area contributed by atoms with E-state index in [-0.39, 0.29) is 5.92 Å². The molecule has 0 bridgehead atoms. The standard InChI is InChI=1S/C17H22ClNO2/c1-21-17-8-7-13(18)10-12(17)11-19-9-3-5-15(19)14-4-2-6-16(14)20/h7-8,10,14-15H,2-6,9,11H2,1H3. The van der Waals surface area contributed by atoms with Crippen LogP contribution in [0.5, 0.6) is 5.75 Å². The van der Waals surface area contributed by atoms with Gasteiger partial charge >= 0.3 is 0 Å². The van der Waals surface area contributed by atoms with E-state index in [9.17, 15) is 4.79 Å². The third-order valence-electron chi connectivity index (χ3n) is 4.85. The molecule has 0 amide bonds. The number of likely N-dealkylation sites (tertiary alicyclic amines) is 1. The van der Waals surface area contributed by atoms with Gasteiger partial charge in [0.2, 0.25) is 0 Å². The Hall–Kier alpha value is -1.06. The molecule has 1 saturated heterocycles. The molecule has 4 heteroatoms. The van der Waals surface area contributed by atoms with Gasteiger partial charge in [0.1, 0.15) is 11.5 Å². The van der Waals surface area contributed by atoms with Gasteiger partial charge in [-0.2, -0.15) is 0 Å². The van der Waals surface area contributed by atoms with Crippen LogP contribution in [0.15, 0.2) is 18.2 Å². The SMILES string of the molecule is COc1ccc(Cl)cc1CN1CCCC1C1CCCC1=O. The Balaban J connectivity index is 1.77. The number of hydrogen-bond acceptors (Lipinski definition) is 3. The molecule has 1 saturated carbocycles. The number of hydrogen-bond donors (Lipinski definition) is 0. The summed E-state index contributed by atoms with van der Waals surface area (Å²) in [5, 5.41) is 0.735. The molecule has 2 atom stereocenters. The number of nitrogens with zero attached hydrogens (tertiary/aromatic N) is 1. The number of methoxy groups -OCH3 is 1. The van der Waals surface area contributed by atoms with Crippen LogP contribution in [0, 0.1) is 5.92 Å². The minimum Gasteiger partial charge on any atom is -0.496 e. The summed E-state index contributed by atoms with van der Waals surface area (Å²) in [5.74, 6) is 1.59. The number of rotatable bonds is 4. The van der Waals surface area contributed by atoms with Gasteiger partial charge < -0.3 is 4.74 Å². The molecule has 3 nitrogen and oxygen atoms in total. The minimum absolute atomic E-state index is 0.248. The highest BCUT2D eigenvalue weighted by Gasteiger charge is 2.38. The highest BCUT2D eigenvalue weighted by molar-refractivity contribution is 6.30. The number of carbonyl (C=O) groups excluding carboxylic acids is 1. The molecule has 0 spiro atoms. The van der Waals surface area contributed by atoms with E-state index in [2.05, 4.69) is 4.90 Å². The number of halogens is 1. The molecular formula is C17H22ClNO2. The van der Waals surface area contributed by atoms with Gasteiger partial charge in [-0.05, 0) is 50.4 Å². The summed E-state index contributed by atoms with van der Waals surface area (Å²) in [4.78, 5) is 14.5. The summed E-state index contributed by atoms with van der Waals surface area (Å²) in [6, 6.07) is 6.16. The third kappa shape index (κ3) is 3.09. The van der Waals surface area contributed by atoms with Gasteiger partial charge in [-0.15, -0.1) is 0 Å². The van der Waals surface area contributed by atoms with Crippen molar-refractivity contribution in [1.29, 1.82) is 0 Å². The van der Waals surface area contributed by atoms with Crippen LogP contribution in [-0.4, -0.2) is 30.4 Å². The first kappa shape index (κ1) is 14.9. The van der Waals surface area contributed by atoms with Crippen molar-refractivity contribution in [2.45, 2.75) is 44.7 Å². The maximum Gasteiger partial charge on any atom is 0.137 e. The number of ketones is 1. The van der Waals surface area contributed by atoms with E-state index < -0.39 is 0 Å². The average molecular weight is 308 g/mol. The molecule has 1 aromatic rings. The topological polar surface area (TPSA) is 29.5 Å². The summed E-state index contributed by atoms with van der Waals surface area (Å²) in [7, 11) is 1.69. The van der Waals surface area contributed by atoms with Crippen LogP contribution in [0.1, 0.15) is 37.7 Å². The molecule has 3 rings (SSSR count). The second-order valence-corrected chi connectivity index (χ2v) is 6.54. The van der Waals surface area contributed by atoms with E-state index in [1.807, 2.05) is 18.2 Å². The average Bonchev–Trinajstić information content (AvgIpc) is 3.08. The van der Waals surface area contributed by atoms with Crippen molar-refractivity contribution in [3.63, 3.8) is 0 Å². The van der Waals surface area contributed by atoms with E-state index >= 15 is 0 Å². The monoisotopic (exact) mass is 307 g/mol. The highest BCUT2D eigenvalue weighted by atomic mass is 35.5. The maximum atomic E-state index is 12.1. The summed E-state index contributed by atoms with van der Waals surface area (Å²) in [5.41, 5.74) is 1.11. The van der Waals surface area contributed by atoms with Gasteiger partial charge in [-0.3, -0.25) is 9.69 Å². The Bertz CT molecular complexity index is 532. The third-order valence-corrected chi connectivity index (χ3v) is 5.08. The fraction of sp³-hybridized carbons (Fsp3) is 0.588. The predicted octanol–water partition coefficient (Wildman–Crippen LogP) is 3.68. The van der Waals surface area contributed by atoms with E-state index in [1.54, 1.807) is 7.11 Å². The first-order chi connectivity index (χ1) is 10.2. The van der Waals surface area contributed by atoms with E-state index in [0.29, 0.717) is 11.8 Å². The zero-order chi connectivity index (χ0) is 14.8. The Labute approximate surface area is 131 Å². The molecular weight excluding hydrogens is 286 g/mol.